The van der Waals surface area contributed by atoms with Crippen LogP contribution in [0.25, 0.3) is 0 Å². The van der Waals surface area contributed by atoms with E-state index in [1.165, 1.54) is 18.3 Å². The number of aliphatic hydroxyl groups excluding tert-OH is 1. The molecule has 1 atom stereocenters. The highest BCUT2D eigenvalue weighted by molar-refractivity contribution is 7.20. The van der Waals surface area contributed by atoms with Crippen molar-refractivity contribution < 1.29 is 9.90 Å². The number of nitrogens with one attached hydrogen (secondary N) is 1. The van der Waals surface area contributed by atoms with Gasteiger partial charge in [0, 0.05) is 0 Å². The lowest BCUT2D eigenvalue weighted by Crippen LogP contribution is -2.23. The molecular formula is C7H8ClNO2S. The normalized spacial score (nSPS) is 12.6. The number of aliphatic hydroxyl groups is 1. The van der Waals surface area contributed by atoms with Crippen molar-refractivity contribution in [2.45, 2.75) is 13.0 Å². The SMILES string of the molecule is CC(O)C(=O)Nc1ccc(Cl)s1. The van der Waals surface area contributed by atoms with Crippen LogP contribution in [-0.4, -0.2) is 17.1 Å². The van der Waals surface area contributed by atoms with Crippen LogP contribution in [0.5, 0.6) is 0 Å². The molecule has 0 fully saturated rings. The lowest BCUT2D eigenvalue weighted by molar-refractivity contribution is -0.123. The van der Waals surface area contributed by atoms with Crippen molar-refractivity contribution in [3.05, 3.63) is 16.5 Å². The van der Waals surface area contributed by atoms with E-state index in [0.717, 1.165) is 0 Å². The van der Waals surface area contributed by atoms with Gasteiger partial charge in [0.25, 0.3) is 5.91 Å². The van der Waals surface area contributed by atoms with Gasteiger partial charge in [0.2, 0.25) is 0 Å². The van der Waals surface area contributed by atoms with Crippen LogP contribution >= 0.6 is 22.9 Å². The average Bonchev–Trinajstić information content (AvgIpc) is 2.35. The Labute approximate surface area is 79.0 Å². The number of hydrogen-bond donors (Lipinski definition) is 2. The molecular weight excluding hydrogens is 198 g/mol. The summed E-state index contributed by atoms with van der Waals surface area (Å²) in [5.41, 5.74) is 0. The minimum Gasteiger partial charge on any atom is -0.384 e. The quantitative estimate of drug-likeness (QED) is 0.773. The summed E-state index contributed by atoms with van der Waals surface area (Å²) in [6, 6.07) is 3.37. The first kappa shape index (κ1) is 9.51. The topological polar surface area (TPSA) is 49.3 Å². The highest BCUT2D eigenvalue weighted by Gasteiger charge is 2.09. The summed E-state index contributed by atoms with van der Waals surface area (Å²) in [5.74, 6) is -0.423. The van der Waals surface area contributed by atoms with Gasteiger partial charge in [-0.15, -0.1) is 11.3 Å². The Kier molecular flexibility index (Phi) is 3.08. The van der Waals surface area contributed by atoms with Gasteiger partial charge in [-0.3, -0.25) is 4.79 Å². The predicted molar refractivity (Wildman–Crippen MR) is 49.6 cm³/mol. The van der Waals surface area contributed by atoms with E-state index in [2.05, 4.69) is 5.32 Å². The monoisotopic (exact) mass is 205 g/mol. The molecule has 0 saturated heterocycles. The predicted octanol–water partition coefficient (Wildman–Crippen LogP) is 1.72. The van der Waals surface area contributed by atoms with Crippen molar-refractivity contribution in [1.29, 1.82) is 0 Å². The smallest absolute Gasteiger partial charge is 0.253 e. The maximum absolute atomic E-state index is 10.9. The van der Waals surface area contributed by atoms with Crippen LogP contribution in [0.15, 0.2) is 12.1 Å². The first-order valence-electron chi connectivity index (χ1n) is 3.34. The van der Waals surface area contributed by atoms with E-state index in [-0.39, 0.29) is 0 Å². The Hall–Kier alpha value is -0.580. The Balaban J connectivity index is 2.58. The Bertz CT molecular complexity index is 285. The zero-order valence-electron chi connectivity index (χ0n) is 6.37. The zero-order valence-corrected chi connectivity index (χ0v) is 7.95. The highest BCUT2D eigenvalue weighted by atomic mass is 35.5. The number of rotatable bonds is 2. The van der Waals surface area contributed by atoms with Gasteiger partial charge in [0.15, 0.2) is 0 Å². The van der Waals surface area contributed by atoms with E-state index in [4.69, 9.17) is 16.7 Å². The van der Waals surface area contributed by atoms with Gasteiger partial charge in [-0.05, 0) is 19.1 Å². The van der Waals surface area contributed by atoms with Crippen molar-refractivity contribution in [2.75, 3.05) is 5.32 Å². The molecule has 1 aromatic heterocycles. The lowest BCUT2D eigenvalue weighted by atomic mass is 10.4. The fourth-order valence-electron chi connectivity index (χ4n) is 0.607. The highest BCUT2D eigenvalue weighted by Crippen LogP contribution is 2.25. The third-order valence-electron chi connectivity index (χ3n) is 1.20. The molecule has 2 N–H and O–H groups in total. The van der Waals surface area contributed by atoms with Crippen molar-refractivity contribution in [2.24, 2.45) is 0 Å². The van der Waals surface area contributed by atoms with Crippen molar-refractivity contribution in [1.82, 2.24) is 0 Å². The Morgan fingerprint density at radius 1 is 1.75 bits per heavy atom. The number of carbonyl (C=O) groups is 1. The van der Waals surface area contributed by atoms with Crippen LogP contribution in [0.4, 0.5) is 5.00 Å². The summed E-state index contributed by atoms with van der Waals surface area (Å²) in [6.07, 6.45) is -0.995. The molecule has 1 amide bonds. The summed E-state index contributed by atoms with van der Waals surface area (Å²) in [6.45, 7) is 1.41. The molecule has 0 aliphatic rings. The minimum absolute atomic E-state index is 0.423. The fraction of sp³-hybridized carbons (Fsp3) is 0.286. The van der Waals surface area contributed by atoms with Gasteiger partial charge >= 0.3 is 0 Å². The summed E-state index contributed by atoms with van der Waals surface area (Å²) in [4.78, 5) is 10.9. The van der Waals surface area contributed by atoms with E-state index in [1.807, 2.05) is 0 Å². The third kappa shape index (κ3) is 2.48. The second-order valence-corrected chi connectivity index (χ2v) is 3.98. The molecule has 3 nitrogen and oxygen atoms in total. The van der Waals surface area contributed by atoms with Crippen LogP contribution in [-0.2, 0) is 4.79 Å². The fourth-order valence-corrected chi connectivity index (χ4v) is 1.55. The second-order valence-electron chi connectivity index (χ2n) is 2.27. The van der Waals surface area contributed by atoms with Crippen LogP contribution < -0.4 is 5.32 Å². The van der Waals surface area contributed by atoms with Crippen LogP contribution in [0, 0.1) is 0 Å². The summed E-state index contributed by atoms with van der Waals surface area (Å²) >= 11 is 6.88. The number of halogens is 1. The van der Waals surface area contributed by atoms with Gasteiger partial charge in [0.05, 0.1) is 9.34 Å². The van der Waals surface area contributed by atoms with E-state index in [0.29, 0.717) is 9.34 Å². The second kappa shape index (κ2) is 3.89. The maximum atomic E-state index is 10.9. The molecule has 0 spiro atoms. The first-order valence-corrected chi connectivity index (χ1v) is 4.53. The molecule has 0 aliphatic heterocycles. The van der Waals surface area contributed by atoms with Crippen molar-refractivity contribution >= 4 is 33.8 Å². The molecule has 5 heteroatoms. The molecule has 0 aliphatic carbocycles. The summed E-state index contributed by atoms with van der Waals surface area (Å²) < 4.78 is 0.607. The number of carbonyl (C=O) groups excluding carboxylic acids is 1. The zero-order chi connectivity index (χ0) is 9.14. The number of thiophene rings is 1. The lowest BCUT2D eigenvalue weighted by Gasteiger charge is -2.03. The molecule has 0 radical (unpaired) electrons. The standard InChI is InChI=1S/C7H8ClNO2S/c1-4(10)7(11)9-6-3-2-5(8)12-6/h2-4,10H,1H3,(H,9,11). The average molecular weight is 206 g/mol. The van der Waals surface area contributed by atoms with Gasteiger partial charge in [-0.2, -0.15) is 0 Å². The van der Waals surface area contributed by atoms with Crippen molar-refractivity contribution in [3.63, 3.8) is 0 Å². The summed E-state index contributed by atoms with van der Waals surface area (Å²) in [7, 11) is 0. The third-order valence-corrected chi connectivity index (χ3v) is 2.35. The molecule has 1 unspecified atom stereocenters. The Morgan fingerprint density at radius 2 is 2.42 bits per heavy atom. The van der Waals surface area contributed by atoms with Gasteiger partial charge in [0.1, 0.15) is 6.10 Å². The number of hydrogen-bond acceptors (Lipinski definition) is 3. The Morgan fingerprint density at radius 3 is 2.83 bits per heavy atom. The van der Waals surface area contributed by atoms with E-state index in [9.17, 15) is 4.79 Å². The van der Waals surface area contributed by atoms with Crippen LogP contribution in [0.3, 0.4) is 0 Å². The minimum atomic E-state index is -0.995. The molecule has 0 saturated carbocycles. The van der Waals surface area contributed by atoms with Gasteiger partial charge in [-0.1, -0.05) is 11.6 Å². The van der Waals surface area contributed by atoms with Crippen LogP contribution in [0.2, 0.25) is 4.34 Å². The number of amides is 1. The van der Waals surface area contributed by atoms with Crippen molar-refractivity contribution in [3.8, 4) is 0 Å². The maximum Gasteiger partial charge on any atom is 0.253 e. The molecule has 1 heterocycles. The summed E-state index contributed by atoms with van der Waals surface area (Å²) in [5, 5.41) is 12.0. The molecule has 12 heavy (non-hydrogen) atoms. The number of anilines is 1. The van der Waals surface area contributed by atoms with E-state index < -0.39 is 12.0 Å². The van der Waals surface area contributed by atoms with Gasteiger partial charge in [-0.25, -0.2) is 0 Å². The molecule has 66 valence electrons. The molecule has 1 rings (SSSR count). The molecule has 0 bridgehead atoms. The first-order chi connectivity index (χ1) is 5.59. The molecule has 1 aromatic rings. The van der Waals surface area contributed by atoms with Crippen LogP contribution in [0.1, 0.15) is 6.92 Å². The van der Waals surface area contributed by atoms with Gasteiger partial charge < -0.3 is 10.4 Å². The molecule has 0 aromatic carbocycles. The van der Waals surface area contributed by atoms with E-state index in [1.54, 1.807) is 12.1 Å². The van der Waals surface area contributed by atoms with E-state index >= 15 is 0 Å². The largest absolute Gasteiger partial charge is 0.384 e.